The van der Waals surface area contributed by atoms with Crippen molar-refractivity contribution >= 4 is 21.6 Å². The van der Waals surface area contributed by atoms with Crippen LogP contribution >= 0.6 is 0 Å². The van der Waals surface area contributed by atoms with Crippen LogP contribution in [-0.2, 0) is 29.3 Å². The second-order valence-corrected chi connectivity index (χ2v) is 9.48. The van der Waals surface area contributed by atoms with Gasteiger partial charge < -0.3 is 14.8 Å². The summed E-state index contributed by atoms with van der Waals surface area (Å²) in [5.41, 5.74) is 3.41. The first-order valence-electron chi connectivity index (χ1n) is 10.4. The van der Waals surface area contributed by atoms with E-state index in [0.717, 1.165) is 24.0 Å². The van der Waals surface area contributed by atoms with Crippen molar-refractivity contribution in [2.75, 3.05) is 11.9 Å². The lowest BCUT2D eigenvalue weighted by atomic mass is 9.84. The molecule has 10 nitrogen and oxygen atoms in total. The summed E-state index contributed by atoms with van der Waals surface area (Å²) in [6, 6.07) is 5.70. The summed E-state index contributed by atoms with van der Waals surface area (Å²) < 4.78 is 53.5. The van der Waals surface area contributed by atoms with E-state index >= 15 is 0 Å². The molecule has 3 N–H and O–H groups in total. The minimum absolute atomic E-state index is 0.0477. The number of carbonyl (C=O) groups excluding carboxylic acids is 1. The van der Waals surface area contributed by atoms with Gasteiger partial charge in [-0.25, -0.2) is 23.8 Å². The molecule has 1 aliphatic heterocycles. The number of alkyl halides is 2. The van der Waals surface area contributed by atoms with E-state index in [2.05, 4.69) is 24.5 Å². The quantitative estimate of drug-likeness (QED) is 0.563. The Morgan fingerprint density at radius 3 is 2.94 bits per heavy atom. The highest BCUT2D eigenvalue weighted by atomic mass is 32.2. The molecule has 0 radical (unpaired) electrons. The number of fused-ring (bicyclic) bond motifs is 2. The van der Waals surface area contributed by atoms with E-state index in [1.807, 2.05) is 6.07 Å². The Morgan fingerprint density at radius 1 is 1.32 bits per heavy atom. The number of urea groups is 1. The predicted molar refractivity (Wildman–Crippen MR) is 118 cm³/mol. The molecule has 1 unspecified atom stereocenters. The minimum atomic E-state index is -3.64. The fraction of sp³-hybridized carbons (Fsp3) is 0.286. The van der Waals surface area contributed by atoms with Gasteiger partial charge in [0.2, 0.25) is 11.8 Å². The molecule has 0 spiro atoms. The largest absolute Gasteiger partial charge is 0.477 e. The average Bonchev–Trinajstić information content (AvgIpc) is 3.19. The van der Waals surface area contributed by atoms with Gasteiger partial charge in [0.1, 0.15) is 4.90 Å². The molecule has 0 saturated heterocycles. The number of halogens is 2. The third-order valence-corrected chi connectivity index (χ3v) is 6.94. The van der Waals surface area contributed by atoms with Gasteiger partial charge in [0.05, 0.1) is 18.5 Å². The Hall–Kier alpha value is -3.58. The summed E-state index contributed by atoms with van der Waals surface area (Å²) in [6.07, 6.45) is 4.91. The maximum absolute atomic E-state index is 13.1. The summed E-state index contributed by atoms with van der Waals surface area (Å²) in [5.74, 6) is -0.0174. The van der Waals surface area contributed by atoms with Crippen molar-refractivity contribution in [1.82, 2.24) is 14.8 Å². The van der Waals surface area contributed by atoms with E-state index in [1.54, 1.807) is 12.1 Å². The molecule has 0 bridgehead atoms. The van der Waals surface area contributed by atoms with Crippen molar-refractivity contribution in [2.24, 2.45) is 9.50 Å². The molecule has 3 aromatic rings. The Morgan fingerprint density at radius 2 is 2.18 bits per heavy atom. The number of nitrogens with two attached hydrogens (primary N) is 1. The maximum Gasteiger partial charge on any atom is 0.388 e. The third-order valence-electron chi connectivity index (χ3n) is 5.59. The van der Waals surface area contributed by atoms with Gasteiger partial charge in [0, 0.05) is 30.8 Å². The van der Waals surface area contributed by atoms with Crippen molar-refractivity contribution in [1.29, 1.82) is 0 Å². The molecule has 1 atom stereocenters. The summed E-state index contributed by atoms with van der Waals surface area (Å²) in [5, 5.41) is 12.7. The standard InChI is InChI=1S/C21H20F2N6O4S/c22-20(23)33-17-10-13(6-7-25-17)15-5-3-12-2-4-14(12)18(15)27-21(30)28-34(24,31)16-11-26-29-8-1-9-32-19(16)29/h3,5-7,10-11,20H,1-2,4,8-9H2,(H3,24,27,28,30,31). The molecule has 34 heavy (non-hydrogen) atoms. The van der Waals surface area contributed by atoms with Crippen LogP contribution in [0.1, 0.15) is 17.5 Å². The lowest BCUT2D eigenvalue weighted by Crippen LogP contribution is -2.22. The van der Waals surface area contributed by atoms with E-state index in [0.29, 0.717) is 36.4 Å². The molecule has 2 amide bonds. The number of ether oxygens (including phenoxy) is 2. The van der Waals surface area contributed by atoms with Crippen LogP contribution in [0.15, 0.2) is 45.9 Å². The van der Waals surface area contributed by atoms with Gasteiger partial charge in [-0.3, -0.25) is 0 Å². The lowest BCUT2D eigenvalue weighted by molar-refractivity contribution is -0.0528. The van der Waals surface area contributed by atoms with Gasteiger partial charge in [0.25, 0.3) is 0 Å². The van der Waals surface area contributed by atoms with E-state index in [1.165, 1.54) is 23.1 Å². The molecule has 178 valence electrons. The summed E-state index contributed by atoms with van der Waals surface area (Å²) in [7, 11) is -3.64. The van der Waals surface area contributed by atoms with Crippen LogP contribution in [0.5, 0.6) is 11.8 Å². The van der Waals surface area contributed by atoms with Crippen LogP contribution in [0.25, 0.3) is 11.1 Å². The highest BCUT2D eigenvalue weighted by molar-refractivity contribution is 7.91. The monoisotopic (exact) mass is 490 g/mol. The fourth-order valence-corrected chi connectivity index (χ4v) is 4.96. The van der Waals surface area contributed by atoms with Crippen LogP contribution in [0, 0.1) is 0 Å². The predicted octanol–water partition coefficient (Wildman–Crippen LogP) is 3.36. The molecule has 3 heterocycles. The number of aryl methyl sites for hydroxylation is 2. The minimum Gasteiger partial charge on any atom is -0.477 e. The first-order valence-corrected chi connectivity index (χ1v) is 12.0. The Labute approximate surface area is 193 Å². The van der Waals surface area contributed by atoms with Gasteiger partial charge >= 0.3 is 12.6 Å². The fourth-order valence-electron chi connectivity index (χ4n) is 3.96. The van der Waals surface area contributed by atoms with Gasteiger partial charge in [-0.15, -0.1) is 4.36 Å². The number of benzene rings is 1. The number of carbonyl (C=O) groups is 1. The molecule has 0 fully saturated rings. The van der Waals surface area contributed by atoms with Gasteiger partial charge in [-0.05, 0) is 35.6 Å². The second-order valence-electron chi connectivity index (χ2n) is 7.72. The topological polar surface area (TPSA) is 134 Å². The molecule has 13 heteroatoms. The number of hydrogen-bond acceptors (Lipinski definition) is 6. The third kappa shape index (κ3) is 4.19. The van der Waals surface area contributed by atoms with Crippen LogP contribution < -0.4 is 19.9 Å². The number of amides is 2. The van der Waals surface area contributed by atoms with E-state index in [4.69, 9.17) is 9.88 Å². The van der Waals surface area contributed by atoms with Crippen LogP contribution in [0.2, 0.25) is 0 Å². The smallest absolute Gasteiger partial charge is 0.388 e. The van der Waals surface area contributed by atoms with Crippen LogP contribution in [0.4, 0.5) is 19.3 Å². The number of nitrogens with zero attached hydrogens (tertiary/aromatic N) is 4. The van der Waals surface area contributed by atoms with Crippen molar-refractivity contribution in [3.05, 3.63) is 47.8 Å². The van der Waals surface area contributed by atoms with Crippen molar-refractivity contribution in [2.45, 2.75) is 37.3 Å². The maximum atomic E-state index is 13.1. The zero-order chi connectivity index (χ0) is 23.9. The zero-order valence-electron chi connectivity index (χ0n) is 17.7. The van der Waals surface area contributed by atoms with Crippen LogP contribution in [0.3, 0.4) is 0 Å². The number of rotatable bonds is 5. The Kier molecular flexibility index (Phi) is 5.65. The number of anilines is 1. The first-order chi connectivity index (χ1) is 16.3. The normalized spacial score (nSPS) is 15.9. The number of aromatic nitrogens is 3. The molecule has 2 aromatic heterocycles. The van der Waals surface area contributed by atoms with E-state index in [9.17, 15) is 17.8 Å². The number of hydrogen-bond donors (Lipinski definition) is 2. The average molecular weight is 490 g/mol. The van der Waals surface area contributed by atoms with Gasteiger partial charge in [0.15, 0.2) is 9.92 Å². The molecule has 1 aromatic carbocycles. The highest BCUT2D eigenvalue weighted by Gasteiger charge is 2.26. The summed E-state index contributed by atoms with van der Waals surface area (Å²) in [4.78, 5) is 16.7. The zero-order valence-corrected chi connectivity index (χ0v) is 18.6. The Bertz CT molecular complexity index is 1400. The molecule has 1 aliphatic carbocycles. The van der Waals surface area contributed by atoms with Gasteiger partial charge in [-0.1, -0.05) is 12.1 Å². The molecular weight excluding hydrogens is 470 g/mol. The SMILES string of the molecule is NS(=O)(=NC(=O)Nc1c(-c2ccnc(OC(F)F)c2)ccc2c1CC2)c1cnn2c1OCCC2. The number of nitrogens with one attached hydrogen (secondary N) is 1. The van der Waals surface area contributed by atoms with Crippen molar-refractivity contribution in [3.63, 3.8) is 0 Å². The molecule has 0 saturated carbocycles. The summed E-state index contributed by atoms with van der Waals surface area (Å²) in [6.45, 7) is -2.02. The van der Waals surface area contributed by atoms with E-state index < -0.39 is 22.6 Å². The molecular formula is C21H20F2N6O4S. The highest BCUT2D eigenvalue weighted by Crippen LogP contribution is 2.39. The molecule has 2 aliphatic rings. The number of pyridine rings is 1. The Balaban J connectivity index is 1.48. The van der Waals surface area contributed by atoms with Crippen LogP contribution in [-0.4, -0.2) is 38.2 Å². The molecule has 5 rings (SSSR count). The first kappa shape index (κ1) is 22.2. The van der Waals surface area contributed by atoms with Crippen molar-refractivity contribution in [3.8, 4) is 22.9 Å². The summed E-state index contributed by atoms with van der Waals surface area (Å²) >= 11 is 0. The van der Waals surface area contributed by atoms with Crippen molar-refractivity contribution < 1.29 is 27.3 Å². The van der Waals surface area contributed by atoms with E-state index in [-0.39, 0.29) is 16.7 Å². The second kappa shape index (κ2) is 8.65. The lowest BCUT2D eigenvalue weighted by Gasteiger charge is -2.25. The van der Waals surface area contributed by atoms with Gasteiger partial charge in [-0.2, -0.15) is 13.9 Å².